The number of carbonyl (C=O) groups is 1. The summed E-state index contributed by atoms with van der Waals surface area (Å²) in [5.41, 5.74) is 7.26. The lowest BCUT2D eigenvalue weighted by Crippen LogP contribution is -2.20. The fraction of sp³-hybridized carbons (Fsp3) is 0.214. The Morgan fingerprint density at radius 3 is 2.52 bits per heavy atom. The van der Waals surface area contributed by atoms with Gasteiger partial charge in [0.05, 0.1) is 5.69 Å². The lowest BCUT2D eigenvalue weighted by atomic mass is 10.0. The number of amides is 1. The Morgan fingerprint density at radius 2 is 1.79 bits per heavy atom. The number of thiazole rings is 1. The summed E-state index contributed by atoms with van der Waals surface area (Å²) in [6.45, 7) is 8.32. The van der Waals surface area contributed by atoms with E-state index < -0.39 is 0 Å². The maximum atomic E-state index is 12.5. The van der Waals surface area contributed by atoms with Crippen LogP contribution in [0.4, 0.5) is 5.69 Å². The van der Waals surface area contributed by atoms with Crippen molar-refractivity contribution >= 4 is 22.9 Å². The first-order chi connectivity index (χ1) is 15.9. The highest BCUT2D eigenvalue weighted by atomic mass is 32.1. The highest BCUT2D eigenvalue weighted by molar-refractivity contribution is 7.13. The third-order valence-electron chi connectivity index (χ3n) is 5.49. The molecule has 4 aromatic rings. The number of hydrogen-bond donors (Lipinski definition) is 1. The summed E-state index contributed by atoms with van der Waals surface area (Å²) >= 11 is 1.64. The molecule has 0 radical (unpaired) electrons. The van der Waals surface area contributed by atoms with Crippen molar-refractivity contribution < 1.29 is 9.53 Å². The lowest BCUT2D eigenvalue weighted by Gasteiger charge is -2.15. The van der Waals surface area contributed by atoms with Crippen LogP contribution in [0.25, 0.3) is 21.8 Å². The van der Waals surface area contributed by atoms with E-state index in [9.17, 15) is 4.79 Å². The molecule has 0 saturated carbocycles. The zero-order chi connectivity index (χ0) is 23.4. The van der Waals surface area contributed by atoms with Gasteiger partial charge in [-0.1, -0.05) is 62.4 Å². The Hall–Kier alpha value is -3.44. The molecule has 0 aliphatic carbocycles. The molecule has 4 rings (SSSR count). The van der Waals surface area contributed by atoms with Crippen molar-refractivity contribution in [2.75, 3.05) is 11.9 Å². The summed E-state index contributed by atoms with van der Waals surface area (Å²) in [7, 11) is 0. The van der Waals surface area contributed by atoms with Crippen LogP contribution in [0, 0.1) is 13.8 Å². The Balaban J connectivity index is 1.39. The molecule has 33 heavy (non-hydrogen) atoms. The number of carbonyl (C=O) groups excluding carboxylic acids is 1. The van der Waals surface area contributed by atoms with E-state index in [1.54, 1.807) is 11.3 Å². The molecular weight excluding hydrogens is 428 g/mol. The molecule has 0 aliphatic heterocycles. The number of nitrogens with one attached hydrogen (secondary N) is 1. The predicted octanol–water partition coefficient (Wildman–Crippen LogP) is 7.23. The molecule has 0 unspecified atom stereocenters. The monoisotopic (exact) mass is 456 g/mol. The van der Waals surface area contributed by atoms with Gasteiger partial charge in [0.15, 0.2) is 6.61 Å². The van der Waals surface area contributed by atoms with Gasteiger partial charge >= 0.3 is 0 Å². The maximum Gasteiger partial charge on any atom is 0.262 e. The summed E-state index contributed by atoms with van der Waals surface area (Å²) in [5.74, 6) is 0.909. The van der Waals surface area contributed by atoms with Gasteiger partial charge < -0.3 is 10.1 Å². The topological polar surface area (TPSA) is 51.2 Å². The van der Waals surface area contributed by atoms with Crippen LogP contribution >= 0.6 is 11.3 Å². The summed E-state index contributed by atoms with van der Waals surface area (Å²) in [6.07, 6.45) is 0. The van der Waals surface area contributed by atoms with E-state index in [0.717, 1.165) is 44.4 Å². The summed E-state index contributed by atoms with van der Waals surface area (Å²) in [6, 6.07) is 22.1. The molecule has 1 heterocycles. The van der Waals surface area contributed by atoms with Gasteiger partial charge in [0.1, 0.15) is 10.8 Å². The molecule has 0 saturated heterocycles. The van der Waals surface area contributed by atoms with Gasteiger partial charge in [-0.05, 0) is 54.7 Å². The standard InChI is InChI=1S/C28H28N2O2S/c1-18(2)23-14-9-19(3)15-26(23)32-16-27(31)29-22-12-10-21(11-13-22)25-17-33-28(30-25)24-8-6-5-7-20(24)4/h5-15,17-18H,16H2,1-4H3,(H,29,31). The average Bonchev–Trinajstić information content (AvgIpc) is 3.28. The van der Waals surface area contributed by atoms with E-state index in [0.29, 0.717) is 5.92 Å². The minimum atomic E-state index is -0.186. The molecule has 0 fully saturated rings. The molecule has 0 bridgehead atoms. The molecule has 168 valence electrons. The third kappa shape index (κ3) is 5.49. The van der Waals surface area contributed by atoms with Gasteiger partial charge in [-0.3, -0.25) is 4.79 Å². The van der Waals surface area contributed by atoms with Crippen molar-refractivity contribution in [3.63, 3.8) is 0 Å². The number of aryl methyl sites for hydroxylation is 2. The second-order valence-corrected chi connectivity index (χ2v) is 9.32. The molecule has 0 spiro atoms. The Kier molecular flexibility index (Phi) is 6.90. The number of nitrogens with zero attached hydrogens (tertiary/aromatic N) is 1. The predicted molar refractivity (Wildman–Crippen MR) is 137 cm³/mol. The number of aromatic nitrogens is 1. The van der Waals surface area contributed by atoms with E-state index >= 15 is 0 Å². The number of rotatable bonds is 7. The fourth-order valence-corrected chi connectivity index (χ4v) is 4.57. The molecule has 0 aliphatic rings. The summed E-state index contributed by atoms with van der Waals surface area (Å²) in [5, 5.41) is 5.99. The number of hydrogen-bond acceptors (Lipinski definition) is 4. The molecule has 3 aromatic carbocycles. The fourth-order valence-electron chi connectivity index (χ4n) is 3.65. The first kappa shape index (κ1) is 22.7. The first-order valence-corrected chi connectivity index (χ1v) is 11.9. The quantitative estimate of drug-likeness (QED) is 0.319. The van der Waals surface area contributed by atoms with Gasteiger partial charge in [0.25, 0.3) is 5.91 Å². The molecule has 1 amide bonds. The normalized spacial score (nSPS) is 10.9. The van der Waals surface area contributed by atoms with Gasteiger partial charge in [0, 0.05) is 22.2 Å². The van der Waals surface area contributed by atoms with E-state index in [1.165, 1.54) is 5.56 Å². The van der Waals surface area contributed by atoms with Crippen molar-refractivity contribution in [3.05, 3.63) is 88.8 Å². The van der Waals surface area contributed by atoms with Crippen molar-refractivity contribution in [3.8, 4) is 27.6 Å². The molecule has 0 atom stereocenters. The SMILES string of the molecule is Cc1ccc(C(C)C)c(OCC(=O)Nc2ccc(-c3csc(-c4ccccc4C)n3)cc2)c1. The van der Waals surface area contributed by atoms with Crippen LogP contribution in [0.5, 0.6) is 5.75 Å². The van der Waals surface area contributed by atoms with Gasteiger partial charge in [0.2, 0.25) is 0 Å². The van der Waals surface area contributed by atoms with Crippen LogP contribution in [0.3, 0.4) is 0 Å². The maximum absolute atomic E-state index is 12.5. The van der Waals surface area contributed by atoms with Crippen LogP contribution in [0.15, 0.2) is 72.1 Å². The Bertz CT molecular complexity index is 1260. The van der Waals surface area contributed by atoms with Crippen LogP contribution in [-0.4, -0.2) is 17.5 Å². The average molecular weight is 457 g/mol. The first-order valence-electron chi connectivity index (χ1n) is 11.1. The molecular formula is C28H28N2O2S. The van der Waals surface area contributed by atoms with Crippen molar-refractivity contribution in [2.45, 2.75) is 33.6 Å². The minimum absolute atomic E-state index is 0.0310. The van der Waals surface area contributed by atoms with Crippen LogP contribution in [-0.2, 0) is 4.79 Å². The third-order valence-corrected chi connectivity index (χ3v) is 6.37. The second kappa shape index (κ2) is 10.0. The summed E-state index contributed by atoms with van der Waals surface area (Å²) in [4.78, 5) is 17.3. The molecule has 1 N–H and O–H groups in total. The van der Waals surface area contributed by atoms with Crippen molar-refractivity contribution in [1.82, 2.24) is 4.98 Å². The van der Waals surface area contributed by atoms with E-state index in [1.807, 2.05) is 49.4 Å². The van der Waals surface area contributed by atoms with Gasteiger partial charge in [-0.2, -0.15) is 0 Å². The Morgan fingerprint density at radius 1 is 1.03 bits per heavy atom. The minimum Gasteiger partial charge on any atom is -0.483 e. The number of benzene rings is 3. The number of anilines is 1. The second-order valence-electron chi connectivity index (χ2n) is 8.46. The molecule has 1 aromatic heterocycles. The molecule has 5 heteroatoms. The zero-order valence-electron chi connectivity index (χ0n) is 19.4. The van der Waals surface area contributed by atoms with Crippen molar-refractivity contribution in [2.24, 2.45) is 0 Å². The zero-order valence-corrected chi connectivity index (χ0v) is 20.2. The highest BCUT2D eigenvalue weighted by Crippen LogP contribution is 2.31. The van der Waals surface area contributed by atoms with Crippen molar-refractivity contribution in [1.29, 1.82) is 0 Å². The van der Waals surface area contributed by atoms with Crippen LogP contribution < -0.4 is 10.1 Å². The molecule has 4 nitrogen and oxygen atoms in total. The van der Waals surface area contributed by atoms with E-state index in [2.05, 4.69) is 55.7 Å². The number of ether oxygens (including phenoxy) is 1. The lowest BCUT2D eigenvalue weighted by molar-refractivity contribution is -0.118. The van der Waals surface area contributed by atoms with Gasteiger partial charge in [-0.15, -0.1) is 11.3 Å². The van der Waals surface area contributed by atoms with Crippen LogP contribution in [0.2, 0.25) is 0 Å². The van der Waals surface area contributed by atoms with Crippen LogP contribution in [0.1, 0.15) is 36.5 Å². The Labute approximate surface area is 199 Å². The largest absolute Gasteiger partial charge is 0.483 e. The summed E-state index contributed by atoms with van der Waals surface area (Å²) < 4.78 is 5.84. The van der Waals surface area contributed by atoms with E-state index in [4.69, 9.17) is 9.72 Å². The van der Waals surface area contributed by atoms with E-state index in [-0.39, 0.29) is 12.5 Å². The highest BCUT2D eigenvalue weighted by Gasteiger charge is 2.12. The smallest absolute Gasteiger partial charge is 0.262 e. The van der Waals surface area contributed by atoms with Gasteiger partial charge in [-0.25, -0.2) is 4.98 Å².